The highest BCUT2D eigenvalue weighted by Gasteiger charge is 2.31. The molecule has 8 heteroatoms. The maximum absolute atomic E-state index is 13.0. The highest BCUT2D eigenvalue weighted by Crippen LogP contribution is 2.29. The molecule has 28 heavy (non-hydrogen) atoms. The second-order valence-corrected chi connectivity index (χ2v) is 7.40. The molecule has 0 bridgehead atoms. The fourth-order valence-electron chi connectivity index (χ4n) is 3.97. The number of rotatable bonds is 6. The van der Waals surface area contributed by atoms with Crippen LogP contribution in [0.3, 0.4) is 0 Å². The van der Waals surface area contributed by atoms with Gasteiger partial charge >= 0.3 is 0 Å². The van der Waals surface area contributed by atoms with Crippen LogP contribution in [-0.4, -0.2) is 56.9 Å². The highest BCUT2D eigenvalue weighted by molar-refractivity contribution is 5.79. The van der Waals surface area contributed by atoms with Gasteiger partial charge in [-0.15, -0.1) is 5.10 Å². The van der Waals surface area contributed by atoms with Crippen LogP contribution < -0.4 is 5.56 Å². The van der Waals surface area contributed by atoms with Crippen molar-refractivity contribution in [2.75, 3.05) is 26.8 Å². The van der Waals surface area contributed by atoms with Gasteiger partial charge < -0.3 is 9.72 Å². The van der Waals surface area contributed by atoms with Gasteiger partial charge in [-0.1, -0.05) is 18.1 Å². The van der Waals surface area contributed by atoms with Gasteiger partial charge in [0, 0.05) is 18.2 Å². The van der Waals surface area contributed by atoms with Crippen molar-refractivity contribution in [3.05, 3.63) is 51.6 Å². The molecule has 4 rings (SSSR count). The summed E-state index contributed by atoms with van der Waals surface area (Å²) in [7, 11) is 1.66. The Kier molecular flexibility index (Phi) is 5.50. The zero-order valence-corrected chi connectivity index (χ0v) is 16.4. The fraction of sp³-hybridized carbons (Fsp3) is 0.500. The van der Waals surface area contributed by atoms with Crippen molar-refractivity contribution in [1.82, 2.24) is 30.1 Å². The molecule has 3 aromatic rings. The number of aromatic nitrogens is 5. The van der Waals surface area contributed by atoms with Crippen LogP contribution in [0, 0.1) is 6.92 Å². The van der Waals surface area contributed by atoms with Crippen LogP contribution in [0.2, 0.25) is 0 Å². The van der Waals surface area contributed by atoms with E-state index < -0.39 is 0 Å². The smallest absolute Gasteiger partial charge is 0.253 e. The Morgan fingerprint density at radius 3 is 2.82 bits per heavy atom. The van der Waals surface area contributed by atoms with Crippen LogP contribution in [0.1, 0.15) is 42.3 Å². The van der Waals surface area contributed by atoms with E-state index >= 15 is 0 Å². The van der Waals surface area contributed by atoms with E-state index in [1.165, 1.54) is 6.42 Å². The lowest BCUT2D eigenvalue weighted by molar-refractivity contribution is 0.163. The number of nitrogens with zero attached hydrogens (tertiary/aromatic N) is 5. The first kappa shape index (κ1) is 18.8. The molecule has 0 radical (unpaired) electrons. The van der Waals surface area contributed by atoms with E-state index in [1.807, 2.05) is 18.2 Å². The molecule has 1 aliphatic heterocycles. The van der Waals surface area contributed by atoms with Gasteiger partial charge in [0.05, 0.1) is 13.2 Å². The minimum absolute atomic E-state index is 0.0896. The van der Waals surface area contributed by atoms with E-state index in [1.54, 1.807) is 11.8 Å². The van der Waals surface area contributed by atoms with Crippen molar-refractivity contribution in [3.8, 4) is 0 Å². The molecule has 0 unspecified atom stereocenters. The first-order valence-electron chi connectivity index (χ1n) is 9.80. The molecule has 8 nitrogen and oxygen atoms in total. The van der Waals surface area contributed by atoms with Crippen molar-refractivity contribution in [3.63, 3.8) is 0 Å². The Labute approximate surface area is 163 Å². The van der Waals surface area contributed by atoms with Crippen molar-refractivity contribution >= 4 is 10.9 Å². The molecule has 1 atom stereocenters. The first-order chi connectivity index (χ1) is 13.7. The number of fused-ring (bicyclic) bond motifs is 1. The molecule has 0 amide bonds. The number of nitrogens with one attached hydrogen (secondary N) is 1. The highest BCUT2D eigenvalue weighted by atomic mass is 16.5. The number of methoxy groups -OCH3 is 1. The molecule has 0 spiro atoms. The number of H-pyrrole nitrogens is 1. The van der Waals surface area contributed by atoms with E-state index in [9.17, 15) is 4.79 Å². The molecule has 1 saturated heterocycles. The third-order valence-corrected chi connectivity index (χ3v) is 5.39. The van der Waals surface area contributed by atoms with Crippen molar-refractivity contribution in [2.45, 2.75) is 38.8 Å². The SMILES string of the molecule is COCCn1nnnc1[C@H](c1cc2cc(C)ccc2[nH]c1=O)N1CCCCC1. The van der Waals surface area contributed by atoms with Crippen LogP contribution in [-0.2, 0) is 11.3 Å². The van der Waals surface area contributed by atoms with Crippen LogP contribution >= 0.6 is 0 Å². The van der Waals surface area contributed by atoms with E-state index in [-0.39, 0.29) is 11.6 Å². The number of tetrazole rings is 1. The monoisotopic (exact) mass is 382 g/mol. The van der Waals surface area contributed by atoms with Crippen LogP contribution in [0.4, 0.5) is 0 Å². The Balaban J connectivity index is 1.84. The first-order valence-corrected chi connectivity index (χ1v) is 9.80. The average Bonchev–Trinajstić information content (AvgIpc) is 3.16. The lowest BCUT2D eigenvalue weighted by atomic mass is 10.00. The summed E-state index contributed by atoms with van der Waals surface area (Å²) < 4.78 is 6.95. The quantitative estimate of drug-likeness (QED) is 0.702. The summed E-state index contributed by atoms with van der Waals surface area (Å²) in [5.74, 6) is 0.691. The normalized spacial score (nSPS) is 16.5. The minimum atomic E-state index is -0.277. The molecule has 1 N–H and O–H groups in total. The van der Waals surface area contributed by atoms with Crippen molar-refractivity contribution in [2.24, 2.45) is 0 Å². The minimum Gasteiger partial charge on any atom is -0.383 e. The molecule has 0 aliphatic carbocycles. The zero-order valence-electron chi connectivity index (χ0n) is 16.4. The molecular formula is C20H26N6O2. The third-order valence-electron chi connectivity index (χ3n) is 5.39. The molecule has 1 aliphatic rings. The van der Waals surface area contributed by atoms with Crippen LogP contribution in [0.25, 0.3) is 10.9 Å². The van der Waals surface area contributed by atoms with Gasteiger partial charge in [0.15, 0.2) is 5.82 Å². The predicted molar refractivity (Wildman–Crippen MR) is 106 cm³/mol. The molecule has 2 aromatic heterocycles. The Hall–Kier alpha value is -2.58. The van der Waals surface area contributed by atoms with Gasteiger partial charge in [-0.25, -0.2) is 4.68 Å². The predicted octanol–water partition coefficient (Wildman–Crippen LogP) is 2.04. The lowest BCUT2D eigenvalue weighted by Gasteiger charge is -2.33. The second kappa shape index (κ2) is 8.20. The summed E-state index contributed by atoms with van der Waals surface area (Å²) in [4.78, 5) is 18.4. The Morgan fingerprint density at radius 1 is 1.21 bits per heavy atom. The Bertz CT molecular complexity index is 1010. The van der Waals surface area contributed by atoms with E-state index in [0.717, 1.165) is 42.4 Å². The number of piperidine rings is 1. The number of aromatic amines is 1. The number of hydrogen-bond donors (Lipinski definition) is 1. The van der Waals surface area contributed by atoms with E-state index in [2.05, 4.69) is 38.4 Å². The van der Waals surface area contributed by atoms with Crippen molar-refractivity contribution in [1.29, 1.82) is 0 Å². The summed E-state index contributed by atoms with van der Waals surface area (Å²) in [6, 6.07) is 7.77. The van der Waals surface area contributed by atoms with Gasteiger partial charge in [0.2, 0.25) is 0 Å². The van der Waals surface area contributed by atoms with E-state index in [0.29, 0.717) is 24.5 Å². The lowest BCUT2D eigenvalue weighted by Crippen LogP contribution is -2.38. The Morgan fingerprint density at radius 2 is 2.04 bits per heavy atom. The number of ether oxygens (including phenoxy) is 1. The molecular weight excluding hydrogens is 356 g/mol. The second-order valence-electron chi connectivity index (χ2n) is 7.40. The number of pyridine rings is 1. The number of likely N-dealkylation sites (tertiary alicyclic amines) is 1. The summed E-state index contributed by atoms with van der Waals surface area (Å²) in [5, 5.41) is 13.4. The average molecular weight is 382 g/mol. The summed E-state index contributed by atoms with van der Waals surface area (Å²) in [6.45, 7) is 4.96. The standard InChI is InChI=1S/C20H26N6O2/c1-14-6-7-17-15(12-14)13-16(20(27)21-17)18(25-8-4-3-5-9-25)19-22-23-24-26(19)10-11-28-2/h6-7,12-13,18H,3-5,8-11H2,1-2H3,(H,21,27)/t18-/m0/s1. The summed E-state index contributed by atoms with van der Waals surface area (Å²) in [6.07, 6.45) is 3.44. The van der Waals surface area contributed by atoms with Crippen LogP contribution in [0.5, 0.6) is 0 Å². The molecule has 3 heterocycles. The number of benzene rings is 1. The maximum Gasteiger partial charge on any atom is 0.253 e. The molecule has 1 fully saturated rings. The molecule has 148 valence electrons. The summed E-state index contributed by atoms with van der Waals surface area (Å²) in [5.41, 5.74) is 2.60. The maximum atomic E-state index is 13.0. The molecule has 0 saturated carbocycles. The third kappa shape index (κ3) is 3.70. The van der Waals surface area contributed by atoms with Gasteiger partial charge in [-0.05, 0) is 66.9 Å². The largest absolute Gasteiger partial charge is 0.383 e. The van der Waals surface area contributed by atoms with Gasteiger partial charge in [0.25, 0.3) is 5.56 Å². The van der Waals surface area contributed by atoms with Gasteiger partial charge in [-0.2, -0.15) is 0 Å². The van der Waals surface area contributed by atoms with Gasteiger partial charge in [-0.3, -0.25) is 9.69 Å². The topological polar surface area (TPSA) is 88.9 Å². The van der Waals surface area contributed by atoms with Crippen LogP contribution in [0.15, 0.2) is 29.1 Å². The van der Waals surface area contributed by atoms with Gasteiger partial charge in [0.1, 0.15) is 6.04 Å². The van der Waals surface area contributed by atoms with Crippen molar-refractivity contribution < 1.29 is 4.74 Å². The van der Waals surface area contributed by atoms with E-state index in [4.69, 9.17) is 4.74 Å². The summed E-state index contributed by atoms with van der Waals surface area (Å²) >= 11 is 0. The molecule has 1 aromatic carbocycles. The number of hydrogen-bond acceptors (Lipinski definition) is 6. The zero-order chi connectivity index (χ0) is 19.5. The number of aryl methyl sites for hydroxylation is 1. The fourth-order valence-corrected chi connectivity index (χ4v) is 3.97.